The maximum absolute atomic E-state index is 10.8. The molecule has 1 rings (SSSR count). The highest BCUT2D eigenvalue weighted by molar-refractivity contribution is 9.11. The summed E-state index contributed by atoms with van der Waals surface area (Å²) in [6, 6.07) is 5.52. The number of esters is 1. The van der Waals surface area contributed by atoms with Gasteiger partial charge in [-0.2, -0.15) is 0 Å². The average molecular weight is 324 g/mol. The number of carbonyl (C=O) groups is 1. The lowest BCUT2D eigenvalue weighted by Gasteiger charge is -2.08. The summed E-state index contributed by atoms with van der Waals surface area (Å²) in [5.41, 5.74) is 0. The van der Waals surface area contributed by atoms with Crippen LogP contribution in [-0.4, -0.2) is 19.7 Å². The molecule has 0 saturated carbocycles. The summed E-state index contributed by atoms with van der Waals surface area (Å²) >= 11 is 6.62. The van der Waals surface area contributed by atoms with E-state index in [1.54, 1.807) is 0 Å². The number of rotatable bonds is 3. The van der Waals surface area contributed by atoms with Crippen LogP contribution in [0.2, 0.25) is 0 Å². The third-order valence-electron chi connectivity index (χ3n) is 1.48. The Hall–Kier alpha value is -0.550. The zero-order valence-corrected chi connectivity index (χ0v) is 10.6. The van der Waals surface area contributed by atoms with Gasteiger partial charge in [-0.3, -0.25) is 0 Å². The largest absolute Gasteiger partial charge is 0.480 e. The first-order chi connectivity index (χ1) is 6.65. The smallest absolute Gasteiger partial charge is 0.343 e. The van der Waals surface area contributed by atoms with Crippen LogP contribution in [-0.2, 0) is 9.53 Å². The fourth-order valence-electron chi connectivity index (χ4n) is 0.810. The van der Waals surface area contributed by atoms with Gasteiger partial charge in [0.1, 0.15) is 5.75 Å². The second kappa shape index (κ2) is 5.36. The van der Waals surface area contributed by atoms with Gasteiger partial charge in [0, 0.05) is 0 Å². The molecule has 5 heteroatoms. The first-order valence-corrected chi connectivity index (χ1v) is 5.37. The van der Waals surface area contributed by atoms with Crippen LogP contribution in [0.3, 0.4) is 0 Å². The van der Waals surface area contributed by atoms with Gasteiger partial charge < -0.3 is 9.47 Å². The Labute approximate surface area is 98.6 Å². The van der Waals surface area contributed by atoms with E-state index in [9.17, 15) is 4.79 Å². The Morgan fingerprint density at radius 2 is 1.93 bits per heavy atom. The number of para-hydroxylation sites is 1. The van der Waals surface area contributed by atoms with Crippen molar-refractivity contribution in [3.05, 3.63) is 27.1 Å². The quantitative estimate of drug-likeness (QED) is 0.802. The molecule has 0 amide bonds. The fourth-order valence-corrected chi connectivity index (χ4v) is 2.04. The molecule has 0 heterocycles. The van der Waals surface area contributed by atoms with Gasteiger partial charge in [0.15, 0.2) is 6.61 Å². The van der Waals surface area contributed by atoms with Crippen molar-refractivity contribution in [3.8, 4) is 5.75 Å². The van der Waals surface area contributed by atoms with E-state index >= 15 is 0 Å². The molecule has 0 radical (unpaired) electrons. The minimum Gasteiger partial charge on any atom is -0.480 e. The number of hydrogen-bond acceptors (Lipinski definition) is 3. The monoisotopic (exact) mass is 322 g/mol. The minimum atomic E-state index is -0.410. The van der Waals surface area contributed by atoms with E-state index in [0.29, 0.717) is 5.75 Å². The Morgan fingerprint density at radius 1 is 1.36 bits per heavy atom. The molecule has 0 aliphatic rings. The van der Waals surface area contributed by atoms with E-state index in [1.807, 2.05) is 18.2 Å². The van der Waals surface area contributed by atoms with Crippen LogP contribution in [0.15, 0.2) is 27.1 Å². The maximum Gasteiger partial charge on any atom is 0.343 e. The molecule has 14 heavy (non-hydrogen) atoms. The lowest BCUT2D eigenvalue weighted by molar-refractivity contribution is -0.142. The molecular weight excluding hydrogens is 316 g/mol. The molecule has 1 aromatic carbocycles. The zero-order valence-electron chi connectivity index (χ0n) is 7.42. The average Bonchev–Trinajstić information content (AvgIpc) is 2.16. The summed E-state index contributed by atoms with van der Waals surface area (Å²) < 4.78 is 11.3. The Morgan fingerprint density at radius 3 is 2.43 bits per heavy atom. The van der Waals surface area contributed by atoms with Crippen LogP contribution >= 0.6 is 31.9 Å². The summed E-state index contributed by atoms with van der Waals surface area (Å²) in [6.45, 7) is -0.0995. The summed E-state index contributed by atoms with van der Waals surface area (Å²) in [6.07, 6.45) is 0. The van der Waals surface area contributed by atoms with Crippen molar-refractivity contribution < 1.29 is 14.3 Å². The van der Waals surface area contributed by atoms with E-state index < -0.39 is 5.97 Å². The highest BCUT2D eigenvalue weighted by Gasteiger charge is 2.08. The van der Waals surface area contributed by atoms with Crippen LogP contribution in [0.4, 0.5) is 0 Å². The number of ether oxygens (including phenoxy) is 2. The van der Waals surface area contributed by atoms with Gasteiger partial charge in [-0.05, 0) is 44.0 Å². The number of hydrogen-bond donors (Lipinski definition) is 0. The number of carbonyl (C=O) groups excluding carboxylic acids is 1. The molecule has 0 aliphatic heterocycles. The van der Waals surface area contributed by atoms with Crippen LogP contribution in [0, 0.1) is 0 Å². The standard InChI is InChI=1S/C9H8Br2O3/c1-13-8(12)5-14-9-6(10)3-2-4-7(9)11/h2-4H,5H2,1H3. The zero-order chi connectivity index (χ0) is 10.6. The Bertz CT molecular complexity index is 319. The van der Waals surface area contributed by atoms with Crippen molar-refractivity contribution >= 4 is 37.8 Å². The first-order valence-electron chi connectivity index (χ1n) is 3.78. The molecule has 0 fully saturated rings. The number of halogens is 2. The molecular formula is C9H8Br2O3. The topological polar surface area (TPSA) is 35.5 Å². The SMILES string of the molecule is COC(=O)COc1c(Br)cccc1Br. The van der Waals surface area contributed by atoms with Crippen molar-refractivity contribution in [1.29, 1.82) is 0 Å². The van der Waals surface area contributed by atoms with E-state index in [-0.39, 0.29) is 6.61 Å². The maximum atomic E-state index is 10.8. The predicted octanol–water partition coefficient (Wildman–Crippen LogP) is 2.76. The van der Waals surface area contributed by atoms with Gasteiger partial charge in [-0.15, -0.1) is 0 Å². The normalized spacial score (nSPS) is 9.64. The van der Waals surface area contributed by atoms with Gasteiger partial charge in [0.25, 0.3) is 0 Å². The lowest BCUT2D eigenvalue weighted by Crippen LogP contribution is -2.12. The number of methoxy groups -OCH3 is 1. The Kier molecular flexibility index (Phi) is 4.41. The van der Waals surface area contributed by atoms with Gasteiger partial charge >= 0.3 is 5.97 Å². The van der Waals surface area contributed by atoms with Gasteiger partial charge in [0.05, 0.1) is 16.1 Å². The van der Waals surface area contributed by atoms with Crippen molar-refractivity contribution in [2.24, 2.45) is 0 Å². The second-order valence-corrected chi connectivity index (χ2v) is 4.12. The van der Waals surface area contributed by atoms with Crippen molar-refractivity contribution in [1.82, 2.24) is 0 Å². The molecule has 76 valence electrons. The summed E-state index contributed by atoms with van der Waals surface area (Å²) in [4.78, 5) is 10.8. The highest BCUT2D eigenvalue weighted by Crippen LogP contribution is 2.32. The van der Waals surface area contributed by atoms with E-state index in [4.69, 9.17) is 4.74 Å². The number of benzene rings is 1. The van der Waals surface area contributed by atoms with Gasteiger partial charge in [0.2, 0.25) is 0 Å². The van der Waals surface area contributed by atoms with Crippen LogP contribution in [0.1, 0.15) is 0 Å². The van der Waals surface area contributed by atoms with Crippen LogP contribution in [0.25, 0.3) is 0 Å². The van der Waals surface area contributed by atoms with Crippen LogP contribution < -0.4 is 4.74 Å². The third-order valence-corrected chi connectivity index (χ3v) is 2.73. The minimum absolute atomic E-state index is 0.0995. The summed E-state index contributed by atoms with van der Waals surface area (Å²) in [5.74, 6) is 0.186. The lowest BCUT2D eigenvalue weighted by atomic mass is 10.3. The molecule has 3 nitrogen and oxygen atoms in total. The molecule has 0 bridgehead atoms. The first kappa shape index (κ1) is 11.5. The van der Waals surface area contributed by atoms with E-state index in [0.717, 1.165) is 8.95 Å². The Balaban J connectivity index is 2.71. The fraction of sp³-hybridized carbons (Fsp3) is 0.222. The molecule has 0 aromatic heterocycles. The molecule has 1 aromatic rings. The molecule has 0 unspecified atom stereocenters. The van der Waals surface area contributed by atoms with Crippen molar-refractivity contribution in [2.45, 2.75) is 0 Å². The second-order valence-electron chi connectivity index (χ2n) is 2.42. The van der Waals surface area contributed by atoms with E-state index in [1.165, 1.54) is 7.11 Å². The van der Waals surface area contributed by atoms with E-state index in [2.05, 4.69) is 36.6 Å². The molecule has 0 spiro atoms. The molecule has 0 saturated heterocycles. The molecule has 0 atom stereocenters. The van der Waals surface area contributed by atoms with Crippen molar-refractivity contribution in [3.63, 3.8) is 0 Å². The summed E-state index contributed by atoms with van der Waals surface area (Å²) in [5, 5.41) is 0. The summed E-state index contributed by atoms with van der Waals surface area (Å²) in [7, 11) is 1.32. The third kappa shape index (κ3) is 2.99. The van der Waals surface area contributed by atoms with Crippen molar-refractivity contribution in [2.75, 3.05) is 13.7 Å². The molecule has 0 N–H and O–H groups in total. The van der Waals surface area contributed by atoms with Crippen LogP contribution in [0.5, 0.6) is 5.75 Å². The predicted molar refractivity (Wildman–Crippen MR) is 59.4 cm³/mol. The molecule has 0 aliphatic carbocycles. The van der Waals surface area contributed by atoms with Gasteiger partial charge in [-0.25, -0.2) is 4.79 Å². The highest BCUT2D eigenvalue weighted by atomic mass is 79.9. The van der Waals surface area contributed by atoms with Gasteiger partial charge in [-0.1, -0.05) is 6.07 Å².